The van der Waals surface area contributed by atoms with Crippen molar-refractivity contribution in [2.45, 2.75) is 30.9 Å². The molecule has 6 heteroatoms. The first-order valence-corrected chi connectivity index (χ1v) is 9.48. The van der Waals surface area contributed by atoms with Gasteiger partial charge in [0.25, 0.3) is 10.1 Å². The van der Waals surface area contributed by atoms with Crippen molar-refractivity contribution in [1.29, 1.82) is 0 Å². The quantitative estimate of drug-likeness (QED) is 0.800. The van der Waals surface area contributed by atoms with Crippen LogP contribution in [-0.4, -0.2) is 15.0 Å². The molecule has 132 valence electrons. The highest BCUT2D eigenvalue weighted by Gasteiger charge is 2.39. The first-order valence-electron chi connectivity index (χ1n) is 8.08. The van der Waals surface area contributed by atoms with Crippen LogP contribution in [0.5, 0.6) is 0 Å². The molecule has 0 amide bonds. The van der Waals surface area contributed by atoms with E-state index >= 15 is 0 Å². The van der Waals surface area contributed by atoms with Crippen molar-refractivity contribution in [2.24, 2.45) is 0 Å². The van der Waals surface area contributed by atoms with E-state index < -0.39 is 15.8 Å². The van der Waals surface area contributed by atoms with Crippen molar-refractivity contribution in [3.63, 3.8) is 0 Å². The summed E-state index contributed by atoms with van der Waals surface area (Å²) in [7, 11) is -3.78. The summed E-state index contributed by atoms with van der Waals surface area (Å²) >= 11 is 0. The Morgan fingerprint density at radius 3 is 2.16 bits per heavy atom. The van der Waals surface area contributed by atoms with E-state index in [1.54, 1.807) is 18.2 Å². The van der Waals surface area contributed by atoms with Crippen molar-refractivity contribution < 1.29 is 17.3 Å². The molecule has 0 saturated carbocycles. The van der Waals surface area contributed by atoms with Crippen molar-refractivity contribution in [2.75, 3.05) is 6.61 Å². The van der Waals surface area contributed by atoms with Gasteiger partial charge in [0, 0.05) is 17.7 Å². The molecule has 1 aliphatic rings. The molecule has 1 unspecified atom stereocenters. The van der Waals surface area contributed by atoms with Gasteiger partial charge in [-0.05, 0) is 26.0 Å². The molecule has 0 spiro atoms. The molecule has 1 N–H and O–H groups in total. The van der Waals surface area contributed by atoms with Crippen LogP contribution in [0.15, 0.2) is 77.0 Å². The fourth-order valence-electron chi connectivity index (χ4n) is 2.80. The predicted molar refractivity (Wildman–Crippen MR) is 94.9 cm³/mol. The van der Waals surface area contributed by atoms with Gasteiger partial charge >= 0.3 is 0 Å². The zero-order valence-corrected chi connectivity index (χ0v) is 15.0. The molecular weight excluding hydrogens is 338 g/mol. The van der Waals surface area contributed by atoms with E-state index in [1.165, 1.54) is 12.1 Å². The second-order valence-corrected chi connectivity index (χ2v) is 7.56. The largest absolute Gasteiger partial charge is 0.467 e. The molecule has 0 bridgehead atoms. The number of benzene rings is 2. The van der Waals surface area contributed by atoms with E-state index in [1.807, 2.05) is 44.2 Å². The summed E-state index contributed by atoms with van der Waals surface area (Å²) in [6, 6.07) is 17.8. The molecule has 0 aliphatic carbocycles. The van der Waals surface area contributed by atoms with E-state index in [9.17, 15) is 8.42 Å². The minimum absolute atomic E-state index is 0.000316. The summed E-state index contributed by atoms with van der Waals surface area (Å²) < 4.78 is 35.9. The van der Waals surface area contributed by atoms with Gasteiger partial charge in [0.05, 0.1) is 11.5 Å². The lowest BCUT2D eigenvalue weighted by Crippen LogP contribution is -2.40. The van der Waals surface area contributed by atoms with Crippen LogP contribution in [0.3, 0.4) is 0 Å². The third kappa shape index (κ3) is 3.70. The predicted octanol–water partition coefficient (Wildman–Crippen LogP) is 3.51. The maximum atomic E-state index is 12.3. The van der Waals surface area contributed by atoms with Crippen molar-refractivity contribution in [3.05, 3.63) is 77.7 Å². The Balaban J connectivity index is 1.75. The second kappa shape index (κ2) is 6.90. The summed E-state index contributed by atoms with van der Waals surface area (Å²) in [5, 5.41) is 3.34. The van der Waals surface area contributed by atoms with E-state index in [0.29, 0.717) is 6.42 Å². The van der Waals surface area contributed by atoms with Gasteiger partial charge in [-0.15, -0.1) is 0 Å². The normalized spacial score (nSPS) is 20.2. The Hall–Kier alpha value is -2.31. The number of hydrogen-bond donors (Lipinski definition) is 1. The van der Waals surface area contributed by atoms with Crippen LogP contribution >= 0.6 is 0 Å². The first kappa shape index (κ1) is 17.5. The van der Waals surface area contributed by atoms with Crippen LogP contribution in [0, 0.1) is 0 Å². The topological polar surface area (TPSA) is 64.6 Å². The first-order chi connectivity index (χ1) is 11.9. The standard InChI is InChI=1S/C19H21NO4S/c1-15-16(2)24-19(20-15,17-9-5-3-6-10-17)13-14-23-25(21,22)18-11-7-4-8-12-18/h3-12,20H,13-14H2,1-2H3. The van der Waals surface area contributed by atoms with E-state index in [0.717, 1.165) is 17.0 Å². The average molecular weight is 359 g/mol. The Labute approximate surface area is 148 Å². The fraction of sp³-hybridized carbons (Fsp3) is 0.263. The Morgan fingerprint density at radius 1 is 1.00 bits per heavy atom. The highest BCUT2D eigenvalue weighted by Crippen LogP contribution is 2.36. The molecule has 2 aromatic carbocycles. The van der Waals surface area contributed by atoms with Gasteiger partial charge in [-0.25, -0.2) is 0 Å². The molecule has 3 rings (SSSR count). The van der Waals surface area contributed by atoms with Gasteiger partial charge in [-0.2, -0.15) is 8.42 Å². The molecular formula is C19H21NO4S. The van der Waals surface area contributed by atoms with Gasteiger partial charge in [0.2, 0.25) is 5.72 Å². The monoisotopic (exact) mass is 359 g/mol. The lowest BCUT2D eigenvalue weighted by molar-refractivity contribution is -0.0138. The number of rotatable bonds is 6. The molecule has 5 nitrogen and oxygen atoms in total. The summed E-state index contributed by atoms with van der Waals surface area (Å²) in [6.45, 7) is 3.82. The molecule has 1 heterocycles. The second-order valence-electron chi connectivity index (χ2n) is 5.94. The Morgan fingerprint density at radius 2 is 1.60 bits per heavy atom. The van der Waals surface area contributed by atoms with Gasteiger partial charge in [-0.3, -0.25) is 4.18 Å². The Kier molecular flexibility index (Phi) is 4.83. The highest BCUT2D eigenvalue weighted by atomic mass is 32.2. The van der Waals surface area contributed by atoms with Crippen LogP contribution in [0.1, 0.15) is 25.8 Å². The lowest BCUT2D eigenvalue weighted by Gasteiger charge is -2.30. The number of nitrogens with one attached hydrogen (secondary N) is 1. The molecule has 0 radical (unpaired) electrons. The van der Waals surface area contributed by atoms with Crippen LogP contribution in [0.4, 0.5) is 0 Å². The SMILES string of the molecule is CC1=C(C)OC(CCOS(=O)(=O)c2ccccc2)(c2ccccc2)N1. The number of ether oxygens (including phenoxy) is 1. The van der Waals surface area contributed by atoms with E-state index in [-0.39, 0.29) is 11.5 Å². The molecule has 0 fully saturated rings. The maximum absolute atomic E-state index is 12.3. The van der Waals surface area contributed by atoms with Crippen molar-refractivity contribution in [1.82, 2.24) is 5.32 Å². The fourth-order valence-corrected chi connectivity index (χ4v) is 3.73. The van der Waals surface area contributed by atoms with Crippen LogP contribution in [0.2, 0.25) is 0 Å². The summed E-state index contributed by atoms with van der Waals surface area (Å²) in [6.07, 6.45) is 0.345. The lowest BCUT2D eigenvalue weighted by atomic mass is 10.00. The van der Waals surface area contributed by atoms with E-state index in [4.69, 9.17) is 8.92 Å². The number of allylic oxidation sites excluding steroid dienone is 2. The molecule has 0 saturated heterocycles. The van der Waals surface area contributed by atoms with Crippen LogP contribution in [-0.2, 0) is 24.8 Å². The van der Waals surface area contributed by atoms with Crippen molar-refractivity contribution in [3.8, 4) is 0 Å². The summed E-state index contributed by atoms with van der Waals surface area (Å²) in [4.78, 5) is 0.148. The Bertz CT molecular complexity index is 847. The minimum Gasteiger partial charge on any atom is -0.467 e. The minimum atomic E-state index is -3.78. The molecule has 2 aromatic rings. The molecule has 1 atom stereocenters. The third-order valence-corrected chi connectivity index (χ3v) is 5.54. The molecule has 1 aliphatic heterocycles. The third-order valence-electron chi connectivity index (χ3n) is 4.21. The molecule has 25 heavy (non-hydrogen) atoms. The van der Waals surface area contributed by atoms with Gasteiger partial charge < -0.3 is 10.1 Å². The average Bonchev–Trinajstić information content (AvgIpc) is 2.91. The smallest absolute Gasteiger partial charge is 0.296 e. The number of hydrogen-bond acceptors (Lipinski definition) is 5. The summed E-state index contributed by atoms with van der Waals surface area (Å²) in [5.74, 6) is 0.787. The van der Waals surface area contributed by atoms with Gasteiger partial charge in [0.15, 0.2) is 0 Å². The highest BCUT2D eigenvalue weighted by molar-refractivity contribution is 7.86. The zero-order valence-electron chi connectivity index (χ0n) is 14.2. The van der Waals surface area contributed by atoms with Crippen molar-refractivity contribution >= 4 is 10.1 Å². The van der Waals surface area contributed by atoms with E-state index in [2.05, 4.69) is 5.32 Å². The van der Waals surface area contributed by atoms with Gasteiger partial charge in [0.1, 0.15) is 5.76 Å². The molecule has 0 aromatic heterocycles. The zero-order chi connectivity index (χ0) is 17.9. The van der Waals surface area contributed by atoms with Crippen LogP contribution in [0.25, 0.3) is 0 Å². The maximum Gasteiger partial charge on any atom is 0.296 e. The summed E-state index contributed by atoms with van der Waals surface area (Å²) in [5.41, 5.74) is 1.03. The van der Waals surface area contributed by atoms with Crippen LogP contribution < -0.4 is 5.32 Å². The van der Waals surface area contributed by atoms with Gasteiger partial charge in [-0.1, -0.05) is 48.5 Å².